The van der Waals surface area contributed by atoms with E-state index in [4.69, 9.17) is 4.74 Å². The average Bonchev–Trinajstić information content (AvgIpc) is 2.44. The summed E-state index contributed by atoms with van der Waals surface area (Å²) in [5.74, 6) is 1.93. The van der Waals surface area contributed by atoms with Gasteiger partial charge in [-0.2, -0.15) is 0 Å². The summed E-state index contributed by atoms with van der Waals surface area (Å²) in [5, 5.41) is 14.6. The minimum Gasteiger partial charge on any atom is -0.494 e. The van der Waals surface area contributed by atoms with Crippen LogP contribution in [0.1, 0.15) is 40.0 Å². The number of nitro benzene ring substituents is 1. The monoisotopic (exact) mass is 292 g/mol. The van der Waals surface area contributed by atoms with Crippen molar-refractivity contribution >= 4 is 11.4 Å². The predicted octanol–water partition coefficient (Wildman–Crippen LogP) is 4.23. The zero-order chi connectivity index (χ0) is 15.4. The highest BCUT2D eigenvalue weighted by molar-refractivity contribution is 5.64. The summed E-state index contributed by atoms with van der Waals surface area (Å²) >= 11 is 0. The minimum atomic E-state index is -0.347. The highest BCUT2D eigenvalue weighted by Gasteiger charge is 2.26. The largest absolute Gasteiger partial charge is 0.494 e. The number of ether oxygens (including phenoxy) is 1. The summed E-state index contributed by atoms with van der Waals surface area (Å²) < 4.78 is 5.34. The molecule has 0 spiro atoms. The highest BCUT2D eigenvalue weighted by atomic mass is 16.6. The number of anilines is 1. The van der Waals surface area contributed by atoms with E-state index in [1.807, 2.05) is 6.92 Å². The van der Waals surface area contributed by atoms with E-state index in [9.17, 15) is 10.1 Å². The van der Waals surface area contributed by atoms with Crippen LogP contribution in [0.4, 0.5) is 11.4 Å². The quantitative estimate of drug-likeness (QED) is 0.651. The lowest BCUT2D eigenvalue weighted by Crippen LogP contribution is -2.30. The molecule has 1 aliphatic rings. The van der Waals surface area contributed by atoms with Crippen LogP contribution in [0.25, 0.3) is 0 Å². The molecule has 1 saturated carbocycles. The number of rotatable bonds is 5. The van der Waals surface area contributed by atoms with Crippen LogP contribution in [0.2, 0.25) is 0 Å². The molecule has 5 nitrogen and oxygen atoms in total. The third-order valence-electron chi connectivity index (χ3n) is 4.43. The molecule has 2 rings (SSSR count). The molecule has 0 radical (unpaired) electrons. The Labute approximate surface area is 125 Å². The Balaban J connectivity index is 2.13. The SMILES string of the molecule is CCOc1ccc(NC2CCC(C)C(C)C2)c([N+](=O)[O-])c1. The maximum absolute atomic E-state index is 11.2. The molecule has 0 aliphatic heterocycles. The molecular weight excluding hydrogens is 268 g/mol. The Kier molecular flexibility index (Phi) is 5.04. The Bertz CT molecular complexity index is 504. The van der Waals surface area contributed by atoms with Gasteiger partial charge in [0, 0.05) is 6.04 Å². The summed E-state index contributed by atoms with van der Waals surface area (Å²) in [5.41, 5.74) is 0.683. The summed E-state index contributed by atoms with van der Waals surface area (Å²) in [4.78, 5) is 10.9. The first-order valence-corrected chi connectivity index (χ1v) is 7.69. The van der Waals surface area contributed by atoms with Crippen molar-refractivity contribution in [3.63, 3.8) is 0 Å². The Morgan fingerprint density at radius 3 is 2.71 bits per heavy atom. The lowest BCUT2D eigenvalue weighted by molar-refractivity contribution is -0.384. The van der Waals surface area contributed by atoms with Gasteiger partial charge in [-0.15, -0.1) is 0 Å². The van der Waals surface area contributed by atoms with E-state index in [1.165, 1.54) is 12.5 Å². The summed E-state index contributed by atoms with van der Waals surface area (Å²) in [6, 6.07) is 5.35. The van der Waals surface area contributed by atoms with E-state index in [-0.39, 0.29) is 10.6 Å². The Morgan fingerprint density at radius 2 is 2.10 bits per heavy atom. The van der Waals surface area contributed by atoms with Gasteiger partial charge in [-0.3, -0.25) is 10.1 Å². The van der Waals surface area contributed by atoms with Gasteiger partial charge in [-0.1, -0.05) is 13.8 Å². The second-order valence-corrected chi connectivity index (χ2v) is 5.98. The summed E-state index contributed by atoms with van der Waals surface area (Å²) in [6.07, 6.45) is 3.30. The van der Waals surface area contributed by atoms with Crippen molar-refractivity contribution in [3.05, 3.63) is 28.3 Å². The molecule has 3 unspecified atom stereocenters. The fourth-order valence-corrected chi connectivity index (χ4v) is 2.94. The van der Waals surface area contributed by atoms with Gasteiger partial charge in [-0.25, -0.2) is 0 Å². The van der Waals surface area contributed by atoms with Crippen LogP contribution in [0.15, 0.2) is 18.2 Å². The molecule has 0 saturated heterocycles. The van der Waals surface area contributed by atoms with Gasteiger partial charge in [0.15, 0.2) is 0 Å². The lowest BCUT2D eigenvalue weighted by atomic mass is 9.79. The highest BCUT2D eigenvalue weighted by Crippen LogP contribution is 2.34. The van der Waals surface area contributed by atoms with Crippen LogP contribution in [0.5, 0.6) is 5.75 Å². The minimum absolute atomic E-state index is 0.0900. The van der Waals surface area contributed by atoms with E-state index in [0.717, 1.165) is 18.8 Å². The normalized spacial score (nSPS) is 25.4. The van der Waals surface area contributed by atoms with Crippen LogP contribution in [-0.4, -0.2) is 17.6 Å². The van der Waals surface area contributed by atoms with Crippen LogP contribution in [-0.2, 0) is 0 Å². The molecule has 0 heterocycles. The second kappa shape index (κ2) is 6.78. The molecule has 21 heavy (non-hydrogen) atoms. The Morgan fingerprint density at radius 1 is 1.33 bits per heavy atom. The molecule has 3 atom stereocenters. The molecule has 0 aromatic heterocycles. The van der Waals surface area contributed by atoms with Crippen LogP contribution >= 0.6 is 0 Å². The smallest absolute Gasteiger partial charge is 0.296 e. The van der Waals surface area contributed by atoms with Crippen LogP contribution in [0.3, 0.4) is 0 Å². The molecule has 1 aromatic carbocycles. The van der Waals surface area contributed by atoms with Gasteiger partial charge in [0.05, 0.1) is 17.6 Å². The van der Waals surface area contributed by atoms with Crippen molar-refractivity contribution in [2.24, 2.45) is 11.8 Å². The maximum Gasteiger partial charge on any atom is 0.296 e. The van der Waals surface area contributed by atoms with Crippen molar-refractivity contribution < 1.29 is 9.66 Å². The molecule has 116 valence electrons. The number of nitrogens with one attached hydrogen (secondary N) is 1. The van der Waals surface area contributed by atoms with Crippen LogP contribution in [0, 0.1) is 22.0 Å². The average molecular weight is 292 g/mol. The van der Waals surface area contributed by atoms with Crippen molar-refractivity contribution in [1.82, 2.24) is 0 Å². The first-order valence-electron chi connectivity index (χ1n) is 7.69. The lowest BCUT2D eigenvalue weighted by Gasteiger charge is -2.33. The third-order valence-corrected chi connectivity index (χ3v) is 4.43. The van der Waals surface area contributed by atoms with Gasteiger partial charge in [-0.05, 0) is 50.2 Å². The molecular formula is C16H24N2O3. The standard InChI is InChI=1S/C16H24N2O3/c1-4-21-14-7-8-15(16(10-14)18(19)20)17-13-6-5-11(2)12(3)9-13/h7-8,10-13,17H,4-6,9H2,1-3H3. The van der Waals surface area contributed by atoms with Crippen molar-refractivity contribution in [2.75, 3.05) is 11.9 Å². The van der Waals surface area contributed by atoms with Crippen molar-refractivity contribution in [1.29, 1.82) is 0 Å². The van der Waals surface area contributed by atoms with E-state index in [2.05, 4.69) is 19.2 Å². The van der Waals surface area contributed by atoms with Gasteiger partial charge < -0.3 is 10.1 Å². The first-order chi connectivity index (χ1) is 10.0. The van der Waals surface area contributed by atoms with Gasteiger partial charge >= 0.3 is 0 Å². The molecule has 1 aliphatic carbocycles. The summed E-state index contributed by atoms with van der Waals surface area (Å²) in [7, 11) is 0. The first kappa shape index (κ1) is 15.6. The van der Waals surface area contributed by atoms with Gasteiger partial charge in [0.2, 0.25) is 0 Å². The predicted molar refractivity (Wildman–Crippen MR) is 83.9 cm³/mol. The van der Waals surface area contributed by atoms with Gasteiger partial charge in [0.1, 0.15) is 11.4 Å². The zero-order valence-electron chi connectivity index (χ0n) is 13.0. The molecule has 5 heteroatoms. The number of benzene rings is 1. The van der Waals surface area contributed by atoms with Crippen LogP contribution < -0.4 is 10.1 Å². The Hall–Kier alpha value is -1.78. The molecule has 1 N–H and O–H groups in total. The fourth-order valence-electron chi connectivity index (χ4n) is 2.94. The topological polar surface area (TPSA) is 64.4 Å². The number of nitro groups is 1. The molecule has 1 fully saturated rings. The molecule has 0 bridgehead atoms. The second-order valence-electron chi connectivity index (χ2n) is 5.98. The molecule has 0 amide bonds. The number of hydrogen-bond donors (Lipinski definition) is 1. The van der Waals surface area contributed by atoms with E-state index in [0.29, 0.717) is 30.0 Å². The van der Waals surface area contributed by atoms with Crippen molar-refractivity contribution in [3.8, 4) is 5.75 Å². The molecule has 1 aromatic rings. The number of nitrogens with zero attached hydrogens (tertiary/aromatic N) is 1. The van der Waals surface area contributed by atoms with E-state index < -0.39 is 0 Å². The zero-order valence-corrected chi connectivity index (χ0v) is 13.0. The van der Waals surface area contributed by atoms with E-state index in [1.54, 1.807) is 12.1 Å². The van der Waals surface area contributed by atoms with Crippen molar-refractivity contribution in [2.45, 2.75) is 46.1 Å². The number of hydrogen-bond acceptors (Lipinski definition) is 4. The third kappa shape index (κ3) is 3.86. The summed E-state index contributed by atoms with van der Waals surface area (Å²) in [6.45, 7) is 6.90. The van der Waals surface area contributed by atoms with Gasteiger partial charge in [0.25, 0.3) is 5.69 Å². The maximum atomic E-state index is 11.2. The fraction of sp³-hybridized carbons (Fsp3) is 0.625. The van der Waals surface area contributed by atoms with E-state index >= 15 is 0 Å².